The number of hydrogen-bond donors (Lipinski definition) is 2. The standard InChI is InChI=1S/C18H28N4O2/c1-3-24-12-10-20-18(19-2)21-13-15-7-4-5-8-16(15)14-22-11-6-9-17(22)23/h4-5,7-8H,3,6,9-14H2,1-2H3,(H2,19,20,21). The molecule has 1 heterocycles. The maximum Gasteiger partial charge on any atom is 0.222 e. The van der Waals surface area contributed by atoms with E-state index < -0.39 is 0 Å². The number of amides is 1. The fourth-order valence-electron chi connectivity index (χ4n) is 2.75. The Morgan fingerprint density at radius 2 is 2.08 bits per heavy atom. The number of carbonyl (C=O) groups excluding carboxylic acids is 1. The normalized spacial score (nSPS) is 15.0. The molecule has 1 amide bonds. The van der Waals surface area contributed by atoms with Crippen molar-refractivity contribution in [2.45, 2.75) is 32.9 Å². The number of carbonyl (C=O) groups is 1. The lowest BCUT2D eigenvalue weighted by molar-refractivity contribution is -0.128. The number of nitrogens with zero attached hydrogens (tertiary/aromatic N) is 2. The summed E-state index contributed by atoms with van der Waals surface area (Å²) < 4.78 is 5.31. The minimum atomic E-state index is 0.256. The molecule has 0 aromatic heterocycles. The van der Waals surface area contributed by atoms with Crippen LogP contribution in [0.3, 0.4) is 0 Å². The van der Waals surface area contributed by atoms with Crippen molar-refractivity contribution in [1.82, 2.24) is 15.5 Å². The molecule has 0 bridgehead atoms. The summed E-state index contributed by atoms with van der Waals surface area (Å²) in [5.41, 5.74) is 2.37. The molecule has 0 unspecified atom stereocenters. The molecule has 1 saturated heterocycles. The molecule has 1 aliphatic heterocycles. The summed E-state index contributed by atoms with van der Waals surface area (Å²) in [6.07, 6.45) is 1.65. The van der Waals surface area contributed by atoms with Crippen LogP contribution in [0.2, 0.25) is 0 Å². The molecule has 24 heavy (non-hydrogen) atoms. The van der Waals surface area contributed by atoms with E-state index in [-0.39, 0.29) is 5.91 Å². The van der Waals surface area contributed by atoms with Gasteiger partial charge in [-0.3, -0.25) is 9.79 Å². The van der Waals surface area contributed by atoms with Gasteiger partial charge in [0.05, 0.1) is 6.61 Å². The molecule has 0 atom stereocenters. The predicted molar refractivity (Wildman–Crippen MR) is 95.8 cm³/mol. The van der Waals surface area contributed by atoms with Gasteiger partial charge >= 0.3 is 0 Å². The van der Waals surface area contributed by atoms with Crippen molar-refractivity contribution in [1.29, 1.82) is 0 Å². The topological polar surface area (TPSA) is 66.0 Å². The second-order valence-electron chi connectivity index (χ2n) is 5.74. The van der Waals surface area contributed by atoms with E-state index in [2.05, 4.69) is 27.8 Å². The van der Waals surface area contributed by atoms with Crippen molar-refractivity contribution in [3.63, 3.8) is 0 Å². The number of rotatable bonds is 8. The summed E-state index contributed by atoms with van der Waals surface area (Å²) in [4.78, 5) is 18.0. The van der Waals surface area contributed by atoms with E-state index in [0.29, 0.717) is 26.1 Å². The van der Waals surface area contributed by atoms with Gasteiger partial charge in [0.1, 0.15) is 0 Å². The molecule has 0 aliphatic carbocycles. The number of hydrogen-bond acceptors (Lipinski definition) is 3. The highest BCUT2D eigenvalue weighted by Crippen LogP contribution is 2.17. The van der Waals surface area contributed by atoms with E-state index >= 15 is 0 Å². The van der Waals surface area contributed by atoms with Crippen LogP contribution in [0.4, 0.5) is 0 Å². The Morgan fingerprint density at radius 3 is 2.75 bits per heavy atom. The van der Waals surface area contributed by atoms with Gasteiger partial charge in [-0.25, -0.2) is 0 Å². The number of ether oxygens (including phenoxy) is 1. The Bertz CT molecular complexity index is 560. The summed E-state index contributed by atoms with van der Waals surface area (Å²) in [5, 5.41) is 6.54. The average Bonchev–Trinajstić information content (AvgIpc) is 3.00. The average molecular weight is 332 g/mol. The first-order valence-electron chi connectivity index (χ1n) is 8.61. The van der Waals surface area contributed by atoms with E-state index in [1.165, 1.54) is 11.1 Å². The van der Waals surface area contributed by atoms with Crippen LogP contribution in [-0.4, -0.2) is 50.1 Å². The van der Waals surface area contributed by atoms with Crippen LogP contribution in [0.15, 0.2) is 29.3 Å². The molecule has 0 radical (unpaired) electrons. The molecule has 0 saturated carbocycles. The summed E-state index contributed by atoms with van der Waals surface area (Å²) in [7, 11) is 1.75. The van der Waals surface area contributed by atoms with E-state index in [1.54, 1.807) is 7.05 Å². The smallest absolute Gasteiger partial charge is 0.222 e. The van der Waals surface area contributed by atoms with E-state index in [1.807, 2.05) is 24.0 Å². The summed E-state index contributed by atoms with van der Waals surface area (Å²) in [5.74, 6) is 1.01. The molecule has 2 rings (SSSR count). The lowest BCUT2D eigenvalue weighted by Crippen LogP contribution is -2.38. The van der Waals surface area contributed by atoms with Gasteiger partial charge < -0.3 is 20.3 Å². The van der Waals surface area contributed by atoms with Gasteiger partial charge in [0.15, 0.2) is 5.96 Å². The van der Waals surface area contributed by atoms with Crippen molar-refractivity contribution >= 4 is 11.9 Å². The van der Waals surface area contributed by atoms with E-state index in [9.17, 15) is 4.79 Å². The van der Waals surface area contributed by atoms with Crippen LogP contribution in [0.25, 0.3) is 0 Å². The van der Waals surface area contributed by atoms with Crippen LogP contribution in [0, 0.1) is 0 Å². The van der Waals surface area contributed by atoms with Crippen molar-refractivity contribution < 1.29 is 9.53 Å². The third kappa shape index (κ3) is 5.53. The number of guanidine groups is 1. The highest BCUT2D eigenvalue weighted by molar-refractivity contribution is 5.79. The van der Waals surface area contributed by atoms with Gasteiger partial charge in [0, 0.05) is 46.3 Å². The first-order chi connectivity index (χ1) is 11.7. The van der Waals surface area contributed by atoms with Crippen molar-refractivity contribution in [2.75, 3.05) is 33.4 Å². The molecule has 1 aromatic rings. The van der Waals surface area contributed by atoms with Crippen LogP contribution < -0.4 is 10.6 Å². The lowest BCUT2D eigenvalue weighted by Gasteiger charge is -2.19. The third-order valence-corrected chi connectivity index (χ3v) is 4.06. The zero-order valence-corrected chi connectivity index (χ0v) is 14.7. The van der Waals surface area contributed by atoms with Crippen molar-refractivity contribution in [2.24, 2.45) is 4.99 Å². The summed E-state index contributed by atoms with van der Waals surface area (Å²) in [6, 6.07) is 8.23. The molecule has 6 nitrogen and oxygen atoms in total. The zero-order valence-electron chi connectivity index (χ0n) is 14.7. The number of nitrogens with one attached hydrogen (secondary N) is 2. The molecule has 2 N–H and O–H groups in total. The summed E-state index contributed by atoms with van der Waals surface area (Å²) in [6.45, 7) is 6.30. The first kappa shape index (κ1) is 18.3. The quantitative estimate of drug-likeness (QED) is 0.430. The Kier molecular flexibility index (Phi) is 7.55. The minimum absolute atomic E-state index is 0.256. The highest BCUT2D eigenvalue weighted by atomic mass is 16.5. The van der Waals surface area contributed by atoms with Gasteiger partial charge in [-0.05, 0) is 24.5 Å². The molecule has 1 fully saturated rings. The highest BCUT2D eigenvalue weighted by Gasteiger charge is 2.20. The monoisotopic (exact) mass is 332 g/mol. The predicted octanol–water partition coefficient (Wildman–Crippen LogP) is 1.51. The molecule has 1 aliphatic rings. The summed E-state index contributed by atoms with van der Waals surface area (Å²) >= 11 is 0. The SMILES string of the molecule is CCOCCNC(=NC)NCc1ccccc1CN1CCCC1=O. The molecule has 0 spiro atoms. The second-order valence-corrected chi connectivity index (χ2v) is 5.74. The Morgan fingerprint density at radius 1 is 1.29 bits per heavy atom. The lowest BCUT2D eigenvalue weighted by atomic mass is 10.1. The molecular weight excluding hydrogens is 304 g/mol. The van der Waals surface area contributed by atoms with E-state index in [0.717, 1.165) is 32.1 Å². The van der Waals surface area contributed by atoms with Gasteiger partial charge in [-0.2, -0.15) is 0 Å². The van der Waals surface area contributed by atoms with Crippen LogP contribution >= 0.6 is 0 Å². The van der Waals surface area contributed by atoms with E-state index in [4.69, 9.17) is 4.74 Å². The van der Waals surface area contributed by atoms with Crippen molar-refractivity contribution in [3.05, 3.63) is 35.4 Å². The van der Waals surface area contributed by atoms with Crippen LogP contribution in [0.1, 0.15) is 30.9 Å². The van der Waals surface area contributed by atoms with Crippen LogP contribution in [0.5, 0.6) is 0 Å². The molecule has 6 heteroatoms. The Hall–Kier alpha value is -2.08. The Balaban J connectivity index is 1.88. The minimum Gasteiger partial charge on any atom is -0.380 e. The zero-order chi connectivity index (χ0) is 17.2. The van der Waals surface area contributed by atoms with Crippen LogP contribution in [-0.2, 0) is 22.6 Å². The molecule has 132 valence electrons. The van der Waals surface area contributed by atoms with Gasteiger partial charge in [0.25, 0.3) is 0 Å². The van der Waals surface area contributed by atoms with Gasteiger partial charge in [-0.15, -0.1) is 0 Å². The number of benzene rings is 1. The fraction of sp³-hybridized carbons (Fsp3) is 0.556. The first-order valence-corrected chi connectivity index (χ1v) is 8.61. The number of aliphatic imine (C=N–C) groups is 1. The van der Waals surface area contributed by atoms with Gasteiger partial charge in [0.2, 0.25) is 5.91 Å². The second kappa shape index (κ2) is 9.93. The molecular formula is C18H28N4O2. The third-order valence-electron chi connectivity index (χ3n) is 4.06. The van der Waals surface area contributed by atoms with Gasteiger partial charge in [-0.1, -0.05) is 24.3 Å². The maximum atomic E-state index is 11.8. The largest absolute Gasteiger partial charge is 0.380 e. The fourth-order valence-corrected chi connectivity index (χ4v) is 2.75. The Labute approximate surface area is 144 Å². The molecule has 1 aromatic carbocycles. The van der Waals surface area contributed by atoms with Crippen molar-refractivity contribution in [3.8, 4) is 0 Å². The maximum absolute atomic E-state index is 11.8. The number of likely N-dealkylation sites (tertiary alicyclic amines) is 1.